The van der Waals surface area contributed by atoms with Crippen molar-refractivity contribution in [3.63, 3.8) is 0 Å². The van der Waals surface area contributed by atoms with E-state index in [1.54, 1.807) is 6.07 Å². The molecule has 0 aliphatic rings. The number of halogens is 1. The minimum absolute atomic E-state index is 0.111. The fourth-order valence-corrected chi connectivity index (χ4v) is 3.00. The Morgan fingerprint density at radius 2 is 2.00 bits per heavy atom. The summed E-state index contributed by atoms with van der Waals surface area (Å²) in [6, 6.07) is 3.83. The monoisotopic (exact) mass is 269 g/mol. The lowest BCUT2D eigenvalue weighted by molar-refractivity contribution is 0.594. The van der Waals surface area contributed by atoms with E-state index in [4.69, 9.17) is 0 Å². The summed E-state index contributed by atoms with van der Waals surface area (Å²) in [6.45, 7) is 8.36. The summed E-state index contributed by atoms with van der Waals surface area (Å²) in [4.78, 5) is 1.20. The lowest BCUT2D eigenvalue weighted by Gasteiger charge is -2.18. The standard InChI is InChI=1S/C15H24FNS/c1-6-10(2)9-18-15-7-11(3)14(16)8-13(15)12(4)17-5/h7-8,10,12,17H,6,9H2,1-5H3. The van der Waals surface area contributed by atoms with Gasteiger partial charge in [-0.25, -0.2) is 4.39 Å². The van der Waals surface area contributed by atoms with Gasteiger partial charge in [0, 0.05) is 16.7 Å². The molecule has 0 heterocycles. The van der Waals surface area contributed by atoms with E-state index in [1.165, 1.54) is 11.3 Å². The Balaban J connectivity index is 2.96. The maximum atomic E-state index is 13.7. The van der Waals surface area contributed by atoms with Crippen molar-refractivity contribution >= 4 is 11.8 Å². The predicted octanol–water partition coefficient (Wildman–Crippen LogP) is 4.55. The SMILES string of the molecule is CCC(C)CSc1cc(C)c(F)cc1C(C)NC. The molecule has 102 valence electrons. The van der Waals surface area contributed by atoms with Gasteiger partial charge in [0.1, 0.15) is 5.82 Å². The average Bonchev–Trinajstić information content (AvgIpc) is 2.38. The molecule has 1 N–H and O–H groups in total. The van der Waals surface area contributed by atoms with E-state index in [0.717, 1.165) is 16.9 Å². The van der Waals surface area contributed by atoms with Gasteiger partial charge in [0.15, 0.2) is 0 Å². The normalized spacial score (nSPS) is 14.6. The maximum absolute atomic E-state index is 13.7. The lowest BCUT2D eigenvalue weighted by Crippen LogP contribution is -2.14. The van der Waals surface area contributed by atoms with Gasteiger partial charge in [-0.2, -0.15) is 0 Å². The van der Waals surface area contributed by atoms with Crippen LogP contribution in [0.2, 0.25) is 0 Å². The Morgan fingerprint density at radius 1 is 1.33 bits per heavy atom. The van der Waals surface area contributed by atoms with Crippen LogP contribution in [0, 0.1) is 18.7 Å². The van der Waals surface area contributed by atoms with Crippen molar-refractivity contribution in [2.75, 3.05) is 12.8 Å². The van der Waals surface area contributed by atoms with Crippen molar-refractivity contribution in [3.8, 4) is 0 Å². The molecule has 0 bridgehead atoms. The highest BCUT2D eigenvalue weighted by atomic mass is 32.2. The van der Waals surface area contributed by atoms with Crippen LogP contribution in [0.1, 0.15) is 44.4 Å². The molecule has 0 spiro atoms. The summed E-state index contributed by atoms with van der Waals surface area (Å²) in [5, 5.41) is 3.19. The van der Waals surface area contributed by atoms with Crippen LogP contribution < -0.4 is 5.32 Å². The molecule has 3 heteroatoms. The molecule has 0 saturated carbocycles. The Hall–Kier alpha value is -0.540. The van der Waals surface area contributed by atoms with Crippen LogP contribution in [0.25, 0.3) is 0 Å². The first kappa shape index (κ1) is 15.5. The van der Waals surface area contributed by atoms with Gasteiger partial charge in [-0.15, -0.1) is 11.8 Å². The second-order valence-electron chi connectivity index (χ2n) is 4.97. The zero-order valence-electron chi connectivity index (χ0n) is 12.0. The molecule has 18 heavy (non-hydrogen) atoms. The third kappa shape index (κ3) is 3.99. The van der Waals surface area contributed by atoms with Crippen molar-refractivity contribution < 1.29 is 4.39 Å². The zero-order chi connectivity index (χ0) is 13.7. The minimum atomic E-state index is -0.111. The van der Waals surface area contributed by atoms with Gasteiger partial charge < -0.3 is 5.32 Å². The van der Waals surface area contributed by atoms with Gasteiger partial charge in [-0.1, -0.05) is 20.3 Å². The summed E-state index contributed by atoms with van der Waals surface area (Å²) in [7, 11) is 1.91. The Bertz CT molecular complexity index is 392. The number of benzene rings is 1. The molecule has 1 nitrogen and oxygen atoms in total. The molecule has 1 rings (SSSR count). The highest BCUT2D eigenvalue weighted by Crippen LogP contribution is 2.31. The number of aryl methyl sites for hydroxylation is 1. The lowest BCUT2D eigenvalue weighted by atomic mass is 10.1. The predicted molar refractivity (Wildman–Crippen MR) is 78.8 cm³/mol. The van der Waals surface area contributed by atoms with Gasteiger partial charge in [0.2, 0.25) is 0 Å². The molecule has 0 saturated heterocycles. The Morgan fingerprint density at radius 3 is 2.56 bits per heavy atom. The second kappa shape index (κ2) is 7.15. The van der Waals surface area contributed by atoms with Crippen LogP contribution in [0.15, 0.2) is 17.0 Å². The Kier molecular flexibility index (Phi) is 6.16. The van der Waals surface area contributed by atoms with Crippen LogP contribution in [0.5, 0.6) is 0 Å². The van der Waals surface area contributed by atoms with Crippen LogP contribution in [-0.2, 0) is 0 Å². The molecule has 0 radical (unpaired) electrons. The number of rotatable bonds is 6. The molecule has 0 aliphatic carbocycles. The van der Waals surface area contributed by atoms with E-state index in [1.807, 2.05) is 31.8 Å². The number of hydrogen-bond acceptors (Lipinski definition) is 2. The summed E-state index contributed by atoms with van der Waals surface area (Å²) >= 11 is 1.84. The largest absolute Gasteiger partial charge is 0.313 e. The Labute approximate surface area is 115 Å². The second-order valence-corrected chi connectivity index (χ2v) is 6.04. The molecule has 1 aromatic rings. The van der Waals surface area contributed by atoms with Crippen LogP contribution in [0.3, 0.4) is 0 Å². The molecule has 0 aromatic heterocycles. The highest BCUT2D eigenvalue weighted by molar-refractivity contribution is 7.99. The quantitative estimate of drug-likeness (QED) is 0.760. The van der Waals surface area contributed by atoms with Gasteiger partial charge in [-0.05, 0) is 50.1 Å². The molecule has 1 aromatic carbocycles. The fraction of sp³-hybridized carbons (Fsp3) is 0.600. The molecule has 0 amide bonds. The van der Waals surface area contributed by atoms with Gasteiger partial charge in [0.25, 0.3) is 0 Å². The van der Waals surface area contributed by atoms with E-state index in [-0.39, 0.29) is 11.9 Å². The molecular weight excluding hydrogens is 245 g/mol. The van der Waals surface area contributed by atoms with Gasteiger partial charge in [-0.3, -0.25) is 0 Å². The van der Waals surface area contributed by atoms with Crippen LogP contribution in [0.4, 0.5) is 4.39 Å². The van der Waals surface area contributed by atoms with Crippen molar-refractivity contribution in [2.24, 2.45) is 5.92 Å². The highest BCUT2D eigenvalue weighted by Gasteiger charge is 2.13. The molecule has 0 aliphatic heterocycles. The smallest absolute Gasteiger partial charge is 0.126 e. The number of nitrogens with one attached hydrogen (secondary N) is 1. The third-order valence-electron chi connectivity index (χ3n) is 3.41. The van der Waals surface area contributed by atoms with E-state index in [2.05, 4.69) is 26.1 Å². The van der Waals surface area contributed by atoms with Crippen LogP contribution in [-0.4, -0.2) is 12.8 Å². The number of thioether (sulfide) groups is 1. The van der Waals surface area contributed by atoms with E-state index < -0.39 is 0 Å². The average molecular weight is 269 g/mol. The van der Waals surface area contributed by atoms with Crippen molar-refractivity contribution in [1.29, 1.82) is 0 Å². The van der Waals surface area contributed by atoms with Crippen LogP contribution >= 0.6 is 11.8 Å². The van der Waals surface area contributed by atoms with E-state index >= 15 is 0 Å². The molecule has 2 atom stereocenters. The van der Waals surface area contributed by atoms with Gasteiger partial charge >= 0.3 is 0 Å². The first-order chi connectivity index (χ1) is 8.49. The van der Waals surface area contributed by atoms with E-state index in [9.17, 15) is 4.39 Å². The summed E-state index contributed by atoms with van der Waals surface area (Å²) in [6.07, 6.45) is 1.18. The summed E-state index contributed by atoms with van der Waals surface area (Å²) < 4.78 is 13.7. The van der Waals surface area contributed by atoms with Crippen molar-refractivity contribution in [1.82, 2.24) is 5.32 Å². The molecular formula is C15H24FNS. The summed E-state index contributed by atoms with van der Waals surface area (Å²) in [5.41, 5.74) is 1.79. The first-order valence-corrected chi connectivity index (χ1v) is 7.58. The molecule has 0 fully saturated rings. The summed E-state index contributed by atoms with van der Waals surface area (Å²) in [5.74, 6) is 1.67. The van der Waals surface area contributed by atoms with Gasteiger partial charge in [0.05, 0.1) is 0 Å². The minimum Gasteiger partial charge on any atom is -0.313 e. The van der Waals surface area contributed by atoms with Crippen molar-refractivity contribution in [2.45, 2.75) is 45.1 Å². The third-order valence-corrected chi connectivity index (χ3v) is 4.81. The topological polar surface area (TPSA) is 12.0 Å². The maximum Gasteiger partial charge on any atom is 0.126 e. The van der Waals surface area contributed by atoms with Crippen molar-refractivity contribution in [3.05, 3.63) is 29.1 Å². The zero-order valence-corrected chi connectivity index (χ0v) is 12.8. The molecule has 2 unspecified atom stereocenters. The van der Waals surface area contributed by atoms with E-state index in [0.29, 0.717) is 5.92 Å². The first-order valence-electron chi connectivity index (χ1n) is 6.59. The fourth-order valence-electron chi connectivity index (χ4n) is 1.64. The number of hydrogen-bond donors (Lipinski definition) is 1.